The van der Waals surface area contributed by atoms with Crippen LogP contribution < -0.4 is 0 Å². The van der Waals surface area contributed by atoms with E-state index in [4.69, 9.17) is 4.98 Å². The van der Waals surface area contributed by atoms with Gasteiger partial charge in [0.1, 0.15) is 0 Å². The Bertz CT molecular complexity index is 1070. The van der Waals surface area contributed by atoms with Gasteiger partial charge in [0, 0.05) is 0 Å². The topological polar surface area (TPSA) is 36.7 Å². The van der Waals surface area contributed by atoms with Crippen LogP contribution in [0.4, 0.5) is 0 Å². The van der Waals surface area contributed by atoms with E-state index in [0.29, 0.717) is 5.57 Å². The number of thiophene rings is 1. The van der Waals surface area contributed by atoms with Crippen molar-refractivity contribution in [3.63, 3.8) is 0 Å². The number of hydrogen-bond donors (Lipinski definition) is 0. The number of benzene rings is 2. The summed E-state index contributed by atoms with van der Waals surface area (Å²) in [5.41, 5.74) is 5.12. The number of rotatable bonds is 4. The minimum absolute atomic E-state index is 0.0895. The van der Waals surface area contributed by atoms with Gasteiger partial charge in [0.05, 0.1) is 0 Å². The molecule has 0 aliphatic heterocycles. The van der Waals surface area contributed by atoms with Gasteiger partial charge in [-0.3, -0.25) is 0 Å². The molecule has 0 unspecified atom stereocenters. The van der Waals surface area contributed by atoms with Gasteiger partial charge in [-0.25, -0.2) is 0 Å². The van der Waals surface area contributed by atoms with Gasteiger partial charge < -0.3 is 0 Å². The van der Waals surface area contributed by atoms with Crippen molar-refractivity contribution in [3.8, 4) is 28.5 Å². The predicted octanol–water partition coefficient (Wildman–Crippen LogP) is 5.60. The molecular weight excluding hydrogens is 403 g/mol. The monoisotopic (exact) mass is 418 g/mol. The second-order valence-corrected chi connectivity index (χ2v) is 8.45. The fourth-order valence-electron chi connectivity index (χ4n) is 2.65. The molecule has 2 aromatic carbocycles. The van der Waals surface area contributed by atoms with Gasteiger partial charge in [0.25, 0.3) is 0 Å². The summed E-state index contributed by atoms with van der Waals surface area (Å²) in [4.78, 5) is 7.97. The SMILES string of the molecule is N#C/C(=C\c1cccs1)c1nc(-c2ccc(-c3ccccc3)cc2)c[se]1. The Morgan fingerprint density at radius 1 is 0.923 bits per heavy atom. The molecule has 2 nitrogen and oxygen atoms in total. The average Bonchev–Trinajstić information content (AvgIpc) is 3.39. The van der Waals surface area contributed by atoms with Crippen LogP contribution in [0, 0.1) is 11.3 Å². The van der Waals surface area contributed by atoms with Crippen molar-refractivity contribution in [2.75, 3.05) is 0 Å². The van der Waals surface area contributed by atoms with Gasteiger partial charge in [-0.05, 0) is 0 Å². The third kappa shape index (κ3) is 3.61. The summed E-state index contributed by atoms with van der Waals surface area (Å²) in [7, 11) is 0. The average molecular weight is 417 g/mol. The first-order chi connectivity index (χ1) is 12.8. The molecule has 26 heavy (non-hydrogen) atoms. The van der Waals surface area contributed by atoms with Crippen molar-refractivity contribution in [3.05, 3.63) is 86.5 Å². The van der Waals surface area contributed by atoms with Gasteiger partial charge in [0.15, 0.2) is 0 Å². The van der Waals surface area contributed by atoms with Gasteiger partial charge in [-0.1, -0.05) is 0 Å². The minimum atomic E-state index is 0.0895. The summed E-state index contributed by atoms with van der Waals surface area (Å²) in [6.07, 6.45) is 1.93. The molecule has 0 aliphatic rings. The molecule has 0 spiro atoms. The van der Waals surface area contributed by atoms with E-state index >= 15 is 0 Å². The molecular formula is C22H14N2SSe. The molecule has 0 radical (unpaired) electrons. The van der Waals surface area contributed by atoms with Crippen LogP contribution >= 0.6 is 11.3 Å². The molecule has 0 atom stereocenters. The molecule has 0 saturated heterocycles. The van der Waals surface area contributed by atoms with E-state index in [1.807, 2.05) is 41.8 Å². The summed E-state index contributed by atoms with van der Waals surface area (Å²) in [5.74, 6) is 0. The number of aromatic nitrogens is 1. The van der Waals surface area contributed by atoms with Crippen molar-refractivity contribution in [1.82, 2.24) is 4.98 Å². The van der Waals surface area contributed by atoms with Crippen LogP contribution in [-0.4, -0.2) is 19.5 Å². The van der Waals surface area contributed by atoms with Crippen molar-refractivity contribution in [1.29, 1.82) is 5.26 Å². The van der Waals surface area contributed by atoms with E-state index in [9.17, 15) is 5.26 Å². The van der Waals surface area contributed by atoms with E-state index in [1.165, 1.54) is 11.1 Å². The van der Waals surface area contributed by atoms with Crippen molar-refractivity contribution < 1.29 is 0 Å². The van der Waals surface area contributed by atoms with Crippen LogP contribution in [0.15, 0.2) is 77.1 Å². The van der Waals surface area contributed by atoms with Gasteiger partial charge in [-0.2, -0.15) is 0 Å². The molecule has 2 aromatic heterocycles. The second-order valence-electron chi connectivity index (χ2n) is 5.67. The molecule has 4 aromatic rings. The fourth-order valence-corrected chi connectivity index (χ4v) is 4.98. The molecule has 2 heterocycles. The van der Waals surface area contributed by atoms with E-state index in [0.717, 1.165) is 20.7 Å². The first-order valence-electron chi connectivity index (χ1n) is 8.10. The van der Waals surface area contributed by atoms with Crippen LogP contribution in [0.3, 0.4) is 0 Å². The van der Waals surface area contributed by atoms with E-state index < -0.39 is 0 Å². The van der Waals surface area contributed by atoms with E-state index in [1.54, 1.807) is 11.3 Å². The Hall–Kier alpha value is -2.70. The van der Waals surface area contributed by atoms with Gasteiger partial charge >= 0.3 is 163 Å². The molecule has 0 amide bonds. The standard InChI is InChI=1S/C22H14N2SSe/c23-14-19(13-20-7-4-12-25-20)22-24-21(15-26-22)18-10-8-17(9-11-18)16-5-2-1-3-6-16/h1-13,15H/b19-13+. The first kappa shape index (κ1) is 16.8. The maximum atomic E-state index is 9.50. The Labute approximate surface area is 162 Å². The number of hydrogen-bond acceptors (Lipinski definition) is 3. The summed E-state index contributed by atoms with van der Waals surface area (Å²) in [6, 6.07) is 25.1. The second kappa shape index (κ2) is 7.68. The van der Waals surface area contributed by atoms with E-state index in [2.05, 4.69) is 47.4 Å². The first-order valence-corrected chi connectivity index (χ1v) is 10.8. The summed E-state index contributed by atoms with van der Waals surface area (Å²) in [6.45, 7) is 0. The number of nitriles is 1. The summed E-state index contributed by atoms with van der Waals surface area (Å²) >= 11 is 1.72. The fraction of sp³-hybridized carbons (Fsp3) is 0. The van der Waals surface area contributed by atoms with Crippen molar-refractivity contribution >= 4 is 37.5 Å². The Morgan fingerprint density at radius 3 is 2.35 bits per heavy atom. The maximum absolute atomic E-state index is 9.50. The zero-order valence-electron chi connectivity index (χ0n) is 13.8. The normalized spacial score (nSPS) is 11.3. The molecule has 0 fully saturated rings. The molecule has 124 valence electrons. The Kier molecular flexibility index (Phi) is 4.95. The Morgan fingerprint density at radius 2 is 1.65 bits per heavy atom. The predicted molar refractivity (Wildman–Crippen MR) is 110 cm³/mol. The van der Waals surface area contributed by atoms with Crippen LogP contribution in [0.2, 0.25) is 0 Å². The van der Waals surface area contributed by atoms with E-state index in [-0.39, 0.29) is 14.5 Å². The molecule has 4 heteroatoms. The summed E-state index contributed by atoms with van der Waals surface area (Å²) < 4.78 is 0.899. The van der Waals surface area contributed by atoms with Gasteiger partial charge in [0.2, 0.25) is 0 Å². The van der Waals surface area contributed by atoms with Crippen LogP contribution in [-0.2, 0) is 0 Å². The molecule has 0 bridgehead atoms. The Balaban J connectivity index is 1.61. The molecule has 0 N–H and O–H groups in total. The zero-order chi connectivity index (χ0) is 17.8. The van der Waals surface area contributed by atoms with Crippen molar-refractivity contribution in [2.24, 2.45) is 0 Å². The van der Waals surface area contributed by atoms with Crippen LogP contribution in [0.25, 0.3) is 34.0 Å². The molecule has 4 rings (SSSR count). The van der Waals surface area contributed by atoms with Crippen LogP contribution in [0.5, 0.6) is 0 Å². The van der Waals surface area contributed by atoms with Crippen molar-refractivity contribution in [2.45, 2.75) is 0 Å². The molecule has 0 aliphatic carbocycles. The van der Waals surface area contributed by atoms with Crippen LogP contribution in [0.1, 0.15) is 9.44 Å². The summed E-state index contributed by atoms with van der Waals surface area (Å²) in [5, 5.41) is 11.5. The van der Waals surface area contributed by atoms with Gasteiger partial charge in [-0.15, -0.1) is 0 Å². The molecule has 0 saturated carbocycles. The number of nitrogens with zero attached hydrogens (tertiary/aromatic N) is 2. The zero-order valence-corrected chi connectivity index (χ0v) is 16.3. The third-order valence-corrected chi connectivity index (χ3v) is 6.63. The third-order valence-electron chi connectivity index (χ3n) is 3.97. The quantitative estimate of drug-likeness (QED) is 0.320. The number of allylic oxidation sites excluding steroid dienone is 1.